The SMILES string of the molecule is CC(C)c1ccc(C(CN)NCc2ccccc2)cc1. The Bertz CT molecular complexity index is 503. The highest BCUT2D eigenvalue weighted by molar-refractivity contribution is 5.27. The normalized spacial score (nSPS) is 12.6. The topological polar surface area (TPSA) is 38.0 Å². The van der Waals surface area contributed by atoms with Crippen molar-refractivity contribution >= 4 is 0 Å². The van der Waals surface area contributed by atoms with Crippen molar-refractivity contribution < 1.29 is 0 Å². The molecule has 106 valence electrons. The van der Waals surface area contributed by atoms with Crippen molar-refractivity contribution in [2.24, 2.45) is 5.73 Å². The van der Waals surface area contributed by atoms with E-state index in [4.69, 9.17) is 5.73 Å². The third-order valence-electron chi connectivity index (χ3n) is 3.64. The summed E-state index contributed by atoms with van der Waals surface area (Å²) in [7, 11) is 0. The lowest BCUT2D eigenvalue weighted by molar-refractivity contribution is 0.541. The molecule has 0 aliphatic heterocycles. The van der Waals surface area contributed by atoms with E-state index in [1.807, 2.05) is 6.07 Å². The average Bonchev–Trinajstić information content (AvgIpc) is 2.49. The predicted octanol–water partition coefficient (Wildman–Crippen LogP) is 3.60. The third-order valence-corrected chi connectivity index (χ3v) is 3.64. The van der Waals surface area contributed by atoms with Gasteiger partial charge in [0.1, 0.15) is 0 Å². The van der Waals surface area contributed by atoms with Gasteiger partial charge in [-0.25, -0.2) is 0 Å². The molecule has 0 heterocycles. The maximum Gasteiger partial charge on any atom is 0.0447 e. The molecular formula is C18H24N2. The molecular weight excluding hydrogens is 244 g/mol. The molecule has 0 bridgehead atoms. The summed E-state index contributed by atoms with van der Waals surface area (Å²) in [6, 6.07) is 19.4. The quantitative estimate of drug-likeness (QED) is 0.840. The molecule has 3 N–H and O–H groups in total. The molecule has 1 unspecified atom stereocenters. The Morgan fingerprint density at radius 1 is 0.900 bits per heavy atom. The van der Waals surface area contributed by atoms with Gasteiger partial charge in [0.15, 0.2) is 0 Å². The molecule has 0 saturated heterocycles. The lowest BCUT2D eigenvalue weighted by Gasteiger charge is -2.18. The monoisotopic (exact) mass is 268 g/mol. The van der Waals surface area contributed by atoms with E-state index in [9.17, 15) is 0 Å². The molecule has 20 heavy (non-hydrogen) atoms. The van der Waals surface area contributed by atoms with Crippen molar-refractivity contribution in [1.29, 1.82) is 0 Å². The highest BCUT2D eigenvalue weighted by Crippen LogP contribution is 2.18. The van der Waals surface area contributed by atoms with Crippen LogP contribution in [-0.4, -0.2) is 6.54 Å². The first-order valence-corrected chi connectivity index (χ1v) is 7.28. The standard InChI is InChI=1S/C18H24N2/c1-14(2)16-8-10-17(11-9-16)18(12-19)20-13-15-6-4-3-5-7-15/h3-11,14,18,20H,12-13,19H2,1-2H3. The second-order valence-corrected chi connectivity index (χ2v) is 5.48. The molecule has 2 nitrogen and oxygen atoms in total. The minimum Gasteiger partial charge on any atom is -0.329 e. The van der Waals surface area contributed by atoms with Gasteiger partial charge in [-0.2, -0.15) is 0 Å². The number of nitrogens with one attached hydrogen (secondary N) is 1. The Balaban J connectivity index is 2.01. The Morgan fingerprint density at radius 3 is 2.05 bits per heavy atom. The summed E-state index contributed by atoms with van der Waals surface area (Å²) in [5.74, 6) is 0.567. The molecule has 1 atom stereocenters. The van der Waals surface area contributed by atoms with Gasteiger partial charge in [-0.15, -0.1) is 0 Å². The molecule has 0 saturated carbocycles. The fourth-order valence-corrected chi connectivity index (χ4v) is 2.29. The summed E-state index contributed by atoms with van der Waals surface area (Å²) >= 11 is 0. The van der Waals surface area contributed by atoms with Gasteiger partial charge in [0.2, 0.25) is 0 Å². The lowest BCUT2D eigenvalue weighted by atomic mass is 9.99. The molecule has 0 amide bonds. The van der Waals surface area contributed by atoms with Crippen LogP contribution in [0.2, 0.25) is 0 Å². The molecule has 2 aromatic carbocycles. The number of hydrogen-bond acceptors (Lipinski definition) is 2. The van der Waals surface area contributed by atoms with Crippen LogP contribution in [0.3, 0.4) is 0 Å². The molecule has 2 rings (SSSR count). The van der Waals surface area contributed by atoms with Crippen LogP contribution in [0.1, 0.15) is 42.5 Å². The summed E-state index contributed by atoms with van der Waals surface area (Å²) in [6.45, 7) is 5.87. The smallest absolute Gasteiger partial charge is 0.0447 e. The van der Waals surface area contributed by atoms with E-state index in [0.717, 1.165) is 6.54 Å². The van der Waals surface area contributed by atoms with Gasteiger partial charge >= 0.3 is 0 Å². The Kier molecular flexibility index (Phi) is 5.33. The second-order valence-electron chi connectivity index (χ2n) is 5.48. The molecule has 0 spiro atoms. The first kappa shape index (κ1) is 14.8. The Labute approximate surface area is 122 Å². The van der Waals surface area contributed by atoms with Gasteiger partial charge in [-0.05, 0) is 22.6 Å². The van der Waals surface area contributed by atoms with Crippen LogP contribution in [0.25, 0.3) is 0 Å². The van der Waals surface area contributed by atoms with Crippen LogP contribution in [0.15, 0.2) is 54.6 Å². The van der Waals surface area contributed by atoms with Crippen LogP contribution >= 0.6 is 0 Å². The van der Waals surface area contributed by atoms with Gasteiger partial charge in [0.05, 0.1) is 0 Å². The number of rotatable bonds is 6. The van der Waals surface area contributed by atoms with E-state index in [-0.39, 0.29) is 6.04 Å². The van der Waals surface area contributed by atoms with Crippen LogP contribution in [0.5, 0.6) is 0 Å². The fourth-order valence-electron chi connectivity index (χ4n) is 2.29. The highest BCUT2D eigenvalue weighted by atomic mass is 14.9. The van der Waals surface area contributed by atoms with Crippen LogP contribution in [-0.2, 0) is 6.54 Å². The zero-order valence-corrected chi connectivity index (χ0v) is 12.3. The van der Waals surface area contributed by atoms with Gasteiger partial charge in [-0.3, -0.25) is 0 Å². The fraction of sp³-hybridized carbons (Fsp3) is 0.333. The predicted molar refractivity (Wildman–Crippen MR) is 85.6 cm³/mol. The molecule has 0 aliphatic rings. The molecule has 0 fully saturated rings. The average molecular weight is 268 g/mol. The van der Waals surface area contributed by atoms with Crippen molar-refractivity contribution in [1.82, 2.24) is 5.32 Å². The van der Waals surface area contributed by atoms with Crippen molar-refractivity contribution in [2.75, 3.05) is 6.54 Å². The van der Waals surface area contributed by atoms with Crippen molar-refractivity contribution in [3.8, 4) is 0 Å². The van der Waals surface area contributed by atoms with Crippen molar-refractivity contribution in [3.63, 3.8) is 0 Å². The molecule has 2 aromatic rings. The minimum absolute atomic E-state index is 0.205. The van der Waals surface area contributed by atoms with E-state index in [1.54, 1.807) is 0 Å². The highest BCUT2D eigenvalue weighted by Gasteiger charge is 2.09. The van der Waals surface area contributed by atoms with E-state index in [0.29, 0.717) is 12.5 Å². The Morgan fingerprint density at radius 2 is 1.50 bits per heavy atom. The van der Waals surface area contributed by atoms with Crippen LogP contribution in [0, 0.1) is 0 Å². The lowest BCUT2D eigenvalue weighted by Crippen LogP contribution is -2.27. The summed E-state index contributed by atoms with van der Waals surface area (Å²) in [6.07, 6.45) is 0. The van der Waals surface area contributed by atoms with E-state index >= 15 is 0 Å². The van der Waals surface area contributed by atoms with Crippen molar-refractivity contribution in [3.05, 3.63) is 71.3 Å². The maximum absolute atomic E-state index is 5.90. The molecule has 2 heteroatoms. The zero-order valence-electron chi connectivity index (χ0n) is 12.3. The summed E-state index contributed by atoms with van der Waals surface area (Å²) in [4.78, 5) is 0. The summed E-state index contributed by atoms with van der Waals surface area (Å²) in [5.41, 5.74) is 9.81. The molecule has 0 aromatic heterocycles. The van der Waals surface area contributed by atoms with E-state index in [2.05, 4.69) is 67.7 Å². The van der Waals surface area contributed by atoms with Gasteiger partial charge < -0.3 is 11.1 Å². The van der Waals surface area contributed by atoms with Crippen LogP contribution in [0.4, 0.5) is 0 Å². The largest absolute Gasteiger partial charge is 0.329 e. The van der Waals surface area contributed by atoms with Crippen molar-refractivity contribution in [2.45, 2.75) is 32.4 Å². The molecule has 0 aliphatic carbocycles. The van der Waals surface area contributed by atoms with E-state index in [1.165, 1.54) is 16.7 Å². The van der Waals surface area contributed by atoms with Crippen LogP contribution < -0.4 is 11.1 Å². The Hall–Kier alpha value is -1.64. The minimum atomic E-state index is 0.205. The first-order valence-electron chi connectivity index (χ1n) is 7.28. The molecule has 0 radical (unpaired) electrons. The van der Waals surface area contributed by atoms with E-state index < -0.39 is 0 Å². The number of benzene rings is 2. The number of hydrogen-bond donors (Lipinski definition) is 2. The second kappa shape index (κ2) is 7.22. The van der Waals surface area contributed by atoms with Gasteiger partial charge in [0, 0.05) is 19.1 Å². The first-order chi connectivity index (χ1) is 9.70. The van der Waals surface area contributed by atoms with Gasteiger partial charge in [-0.1, -0.05) is 68.4 Å². The summed E-state index contributed by atoms with van der Waals surface area (Å²) in [5, 5.41) is 3.53. The third kappa shape index (κ3) is 3.92. The maximum atomic E-state index is 5.90. The number of nitrogens with two attached hydrogens (primary N) is 1. The summed E-state index contributed by atoms with van der Waals surface area (Å²) < 4.78 is 0. The van der Waals surface area contributed by atoms with Gasteiger partial charge in [0.25, 0.3) is 0 Å². The zero-order chi connectivity index (χ0) is 14.4.